The number of ether oxygens (including phenoxy) is 1. The Morgan fingerprint density at radius 3 is 2.50 bits per heavy atom. The highest BCUT2D eigenvalue weighted by atomic mass is 16.5. The fourth-order valence-corrected chi connectivity index (χ4v) is 2.71. The topological polar surface area (TPSA) is 61.8 Å². The van der Waals surface area contributed by atoms with E-state index in [0.29, 0.717) is 30.4 Å². The van der Waals surface area contributed by atoms with E-state index in [1.165, 1.54) is 0 Å². The summed E-state index contributed by atoms with van der Waals surface area (Å²) in [6, 6.07) is 7.36. The number of para-hydroxylation sites is 2. The molecule has 1 unspecified atom stereocenters. The van der Waals surface area contributed by atoms with Crippen molar-refractivity contribution < 1.29 is 14.6 Å². The Morgan fingerprint density at radius 2 is 1.91 bits per heavy atom. The van der Waals surface area contributed by atoms with Gasteiger partial charge in [-0.25, -0.2) is 4.79 Å². The van der Waals surface area contributed by atoms with E-state index in [4.69, 9.17) is 4.74 Å². The number of aliphatic hydroxyl groups is 1. The number of carbonyl (C=O) groups excluding carboxylic acids is 1. The van der Waals surface area contributed by atoms with Crippen molar-refractivity contribution in [2.75, 3.05) is 18.4 Å². The van der Waals surface area contributed by atoms with Crippen LogP contribution in [0.25, 0.3) is 0 Å². The molecule has 5 heteroatoms. The lowest BCUT2D eigenvalue weighted by Gasteiger charge is -2.33. The summed E-state index contributed by atoms with van der Waals surface area (Å²) in [6.45, 7) is 7.09. The van der Waals surface area contributed by atoms with Crippen LogP contribution >= 0.6 is 0 Å². The largest absolute Gasteiger partial charge is 0.489 e. The van der Waals surface area contributed by atoms with Crippen molar-refractivity contribution in [1.29, 1.82) is 0 Å². The Hall–Kier alpha value is -1.75. The molecule has 0 bridgehead atoms. The first-order valence-electron chi connectivity index (χ1n) is 7.97. The van der Waals surface area contributed by atoms with Gasteiger partial charge in [0, 0.05) is 13.1 Å². The monoisotopic (exact) mass is 306 g/mol. The minimum absolute atomic E-state index is 0.0554. The number of benzene rings is 1. The van der Waals surface area contributed by atoms with E-state index in [1.807, 2.05) is 45.0 Å². The van der Waals surface area contributed by atoms with Crippen molar-refractivity contribution in [3.63, 3.8) is 0 Å². The van der Waals surface area contributed by atoms with Crippen molar-refractivity contribution in [2.45, 2.75) is 45.8 Å². The number of hydrogen-bond donors (Lipinski definition) is 2. The molecule has 1 aromatic carbocycles. The lowest BCUT2D eigenvalue weighted by atomic mass is 9.92. The van der Waals surface area contributed by atoms with Crippen molar-refractivity contribution in [2.24, 2.45) is 5.92 Å². The number of nitrogens with zero attached hydrogens (tertiary/aromatic N) is 1. The smallest absolute Gasteiger partial charge is 0.321 e. The molecule has 1 aliphatic rings. The Bertz CT molecular complexity index is 494. The van der Waals surface area contributed by atoms with Crippen LogP contribution in [0.1, 0.15) is 33.6 Å². The van der Waals surface area contributed by atoms with Crippen LogP contribution in [0.15, 0.2) is 24.3 Å². The Kier molecular flexibility index (Phi) is 5.66. The summed E-state index contributed by atoms with van der Waals surface area (Å²) >= 11 is 0. The zero-order valence-corrected chi connectivity index (χ0v) is 13.6. The summed E-state index contributed by atoms with van der Waals surface area (Å²) in [5, 5.41) is 12.6. The highest BCUT2D eigenvalue weighted by Gasteiger charge is 2.25. The number of aliphatic hydroxyl groups excluding tert-OH is 1. The first kappa shape index (κ1) is 16.6. The van der Waals surface area contributed by atoms with Crippen LogP contribution in [0.2, 0.25) is 0 Å². The molecule has 0 spiro atoms. The molecule has 122 valence electrons. The van der Waals surface area contributed by atoms with Crippen molar-refractivity contribution in [3.05, 3.63) is 24.3 Å². The van der Waals surface area contributed by atoms with Crippen molar-refractivity contribution >= 4 is 11.7 Å². The number of carbonyl (C=O) groups is 1. The third-order valence-electron chi connectivity index (χ3n) is 4.00. The highest BCUT2D eigenvalue weighted by Crippen LogP contribution is 2.26. The third-order valence-corrected chi connectivity index (χ3v) is 4.00. The van der Waals surface area contributed by atoms with E-state index < -0.39 is 0 Å². The number of anilines is 1. The second-order valence-corrected chi connectivity index (χ2v) is 6.16. The van der Waals surface area contributed by atoms with E-state index in [9.17, 15) is 9.90 Å². The zero-order chi connectivity index (χ0) is 16.1. The van der Waals surface area contributed by atoms with Crippen LogP contribution in [-0.4, -0.2) is 41.3 Å². The van der Waals surface area contributed by atoms with Crippen LogP contribution in [-0.2, 0) is 0 Å². The van der Waals surface area contributed by atoms with Gasteiger partial charge in [0.1, 0.15) is 5.75 Å². The Morgan fingerprint density at radius 1 is 1.27 bits per heavy atom. The second-order valence-electron chi connectivity index (χ2n) is 6.16. The fraction of sp³-hybridized carbons (Fsp3) is 0.588. The van der Waals surface area contributed by atoms with Crippen LogP contribution in [0, 0.1) is 5.92 Å². The Labute approximate surface area is 132 Å². The van der Waals surface area contributed by atoms with Gasteiger partial charge in [0.25, 0.3) is 0 Å². The van der Waals surface area contributed by atoms with Gasteiger partial charge in [0.2, 0.25) is 0 Å². The van der Waals surface area contributed by atoms with Crippen LogP contribution in [0.3, 0.4) is 0 Å². The molecule has 0 radical (unpaired) electrons. The molecule has 2 rings (SSSR count). The highest BCUT2D eigenvalue weighted by molar-refractivity contribution is 5.91. The maximum Gasteiger partial charge on any atom is 0.321 e. The molecule has 5 nitrogen and oxygen atoms in total. The average Bonchev–Trinajstić information content (AvgIpc) is 2.48. The standard InChI is InChI=1S/C17H26N2O3/c1-12(2)22-16-7-5-4-6-15(16)18-17(21)19-10-8-14(9-11-19)13(3)20/h4-7,12-14,20H,8-11H2,1-3H3,(H,18,21). The SMILES string of the molecule is CC(C)Oc1ccccc1NC(=O)N1CCC(C(C)O)CC1. The maximum atomic E-state index is 12.4. The van der Waals surface area contributed by atoms with Crippen molar-refractivity contribution in [1.82, 2.24) is 4.90 Å². The van der Waals surface area contributed by atoms with Gasteiger partial charge < -0.3 is 20.1 Å². The molecule has 0 aliphatic carbocycles. The maximum absolute atomic E-state index is 12.4. The molecule has 2 N–H and O–H groups in total. The number of piperidine rings is 1. The lowest BCUT2D eigenvalue weighted by molar-refractivity contribution is 0.0820. The minimum Gasteiger partial charge on any atom is -0.489 e. The van der Waals surface area contributed by atoms with E-state index in [2.05, 4.69) is 5.32 Å². The van der Waals surface area contributed by atoms with Gasteiger partial charge in [-0.2, -0.15) is 0 Å². The van der Waals surface area contributed by atoms with E-state index in [0.717, 1.165) is 12.8 Å². The summed E-state index contributed by atoms with van der Waals surface area (Å²) < 4.78 is 5.72. The quantitative estimate of drug-likeness (QED) is 0.898. The first-order valence-corrected chi connectivity index (χ1v) is 7.97. The number of hydrogen-bond acceptors (Lipinski definition) is 3. The summed E-state index contributed by atoms with van der Waals surface area (Å²) in [5.74, 6) is 0.977. The Balaban J connectivity index is 1.95. The van der Waals surface area contributed by atoms with Gasteiger partial charge in [-0.3, -0.25) is 0 Å². The summed E-state index contributed by atoms with van der Waals surface area (Å²) in [4.78, 5) is 14.2. The van der Waals surface area contributed by atoms with Crippen LogP contribution in [0.4, 0.5) is 10.5 Å². The molecule has 1 atom stereocenters. The summed E-state index contributed by atoms with van der Waals surface area (Å²) in [6.07, 6.45) is 1.44. The predicted molar refractivity (Wildman–Crippen MR) is 87.2 cm³/mol. The molecule has 0 aromatic heterocycles. The predicted octanol–water partition coefficient (Wildman–Crippen LogP) is 3.10. The number of rotatable bonds is 4. The molecule has 22 heavy (non-hydrogen) atoms. The molecular formula is C17H26N2O3. The molecule has 1 fully saturated rings. The summed E-state index contributed by atoms with van der Waals surface area (Å²) in [7, 11) is 0. The number of likely N-dealkylation sites (tertiary alicyclic amines) is 1. The van der Waals surface area contributed by atoms with Gasteiger partial charge >= 0.3 is 6.03 Å². The molecule has 0 saturated carbocycles. The van der Waals surface area contributed by atoms with Crippen molar-refractivity contribution in [3.8, 4) is 5.75 Å². The average molecular weight is 306 g/mol. The molecule has 1 aromatic rings. The van der Waals surface area contributed by atoms with E-state index >= 15 is 0 Å². The number of urea groups is 1. The molecular weight excluding hydrogens is 280 g/mol. The van der Waals surface area contributed by atoms with Crippen LogP contribution in [0.5, 0.6) is 5.75 Å². The minimum atomic E-state index is -0.301. The molecule has 1 saturated heterocycles. The molecule has 1 aliphatic heterocycles. The fourth-order valence-electron chi connectivity index (χ4n) is 2.71. The first-order chi connectivity index (χ1) is 10.5. The third kappa shape index (κ3) is 4.37. The van der Waals surface area contributed by atoms with Gasteiger partial charge in [0.05, 0.1) is 17.9 Å². The van der Waals surface area contributed by atoms with Gasteiger partial charge in [-0.15, -0.1) is 0 Å². The zero-order valence-electron chi connectivity index (χ0n) is 13.6. The second kappa shape index (κ2) is 7.49. The molecule has 1 heterocycles. The lowest BCUT2D eigenvalue weighted by Crippen LogP contribution is -2.42. The van der Waals surface area contributed by atoms with E-state index in [1.54, 1.807) is 4.90 Å². The number of nitrogens with one attached hydrogen (secondary N) is 1. The van der Waals surface area contributed by atoms with Gasteiger partial charge in [-0.1, -0.05) is 12.1 Å². The normalized spacial score (nSPS) is 17.4. The molecule has 2 amide bonds. The van der Waals surface area contributed by atoms with Gasteiger partial charge in [0.15, 0.2) is 0 Å². The summed E-state index contributed by atoms with van der Waals surface area (Å²) in [5.41, 5.74) is 0.693. The van der Waals surface area contributed by atoms with E-state index in [-0.39, 0.29) is 18.2 Å². The number of amides is 2. The van der Waals surface area contributed by atoms with Crippen LogP contribution < -0.4 is 10.1 Å². The van der Waals surface area contributed by atoms with Gasteiger partial charge in [-0.05, 0) is 51.7 Å².